The van der Waals surface area contributed by atoms with Crippen LogP contribution in [0.5, 0.6) is 5.75 Å². The second kappa shape index (κ2) is 8.22. The van der Waals surface area contributed by atoms with Gasteiger partial charge >= 0.3 is 5.97 Å². The molecule has 3 aromatic rings. The van der Waals surface area contributed by atoms with Crippen molar-refractivity contribution in [2.24, 2.45) is 0 Å². The number of halogens is 3. The summed E-state index contributed by atoms with van der Waals surface area (Å²) >= 11 is 11.9. The average molecular weight is 441 g/mol. The molecule has 0 aliphatic rings. The summed E-state index contributed by atoms with van der Waals surface area (Å²) in [6.45, 7) is 0. The topological polar surface area (TPSA) is 86.2 Å². The minimum Gasteiger partial charge on any atom is -0.420 e. The van der Waals surface area contributed by atoms with Crippen molar-refractivity contribution in [2.45, 2.75) is 10.9 Å². The summed E-state index contributed by atoms with van der Waals surface area (Å²) < 4.78 is 43.2. The number of hydrogen-bond acceptors (Lipinski definition) is 6. The van der Waals surface area contributed by atoms with Gasteiger partial charge in [0.1, 0.15) is 11.6 Å². The fourth-order valence-corrected chi connectivity index (χ4v) is 3.73. The van der Waals surface area contributed by atoms with Gasteiger partial charge in [0.05, 0.1) is 22.0 Å². The minimum absolute atomic E-state index is 0.0690. The van der Waals surface area contributed by atoms with Gasteiger partial charge < -0.3 is 4.74 Å². The number of nitrogens with zero attached hydrogens (tertiary/aromatic N) is 2. The first-order chi connectivity index (χ1) is 13.3. The first kappa shape index (κ1) is 20.2. The molecule has 0 aliphatic heterocycles. The minimum atomic E-state index is -4.02. The number of carbonyl (C=O) groups is 1. The Kier molecular flexibility index (Phi) is 5.93. The molecule has 0 aliphatic carbocycles. The summed E-state index contributed by atoms with van der Waals surface area (Å²) in [4.78, 5) is 19.8. The molecule has 0 N–H and O–H groups in total. The second-order valence-corrected chi connectivity index (χ2v) is 8.25. The van der Waals surface area contributed by atoms with Crippen LogP contribution >= 0.6 is 23.2 Å². The van der Waals surface area contributed by atoms with Crippen LogP contribution in [0, 0.1) is 5.82 Å². The first-order valence-corrected chi connectivity index (χ1v) is 10.1. The standard InChI is InChI=1S/C18H11Cl2FN2O4S/c19-13-3-1-2-4-15(13)27-17(24)16-14(20)9-22-18(23-16)28(25,26)10-11-5-7-12(21)8-6-11/h1-9H,10H2. The Morgan fingerprint density at radius 3 is 2.39 bits per heavy atom. The number of benzene rings is 2. The highest BCUT2D eigenvalue weighted by Crippen LogP contribution is 2.25. The zero-order chi connectivity index (χ0) is 20.3. The summed E-state index contributed by atoms with van der Waals surface area (Å²) in [6, 6.07) is 11.2. The third kappa shape index (κ3) is 4.64. The lowest BCUT2D eigenvalue weighted by molar-refractivity contribution is 0.0727. The molecule has 1 aromatic heterocycles. The van der Waals surface area contributed by atoms with Gasteiger partial charge in [0.15, 0.2) is 5.69 Å². The van der Waals surface area contributed by atoms with Crippen LogP contribution in [0.1, 0.15) is 16.1 Å². The van der Waals surface area contributed by atoms with Crippen molar-refractivity contribution in [3.8, 4) is 5.75 Å². The number of para-hydroxylation sites is 1. The van der Waals surface area contributed by atoms with Crippen molar-refractivity contribution in [3.05, 3.63) is 81.8 Å². The van der Waals surface area contributed by atoms with Gasteiger partial charge in [0.25, 0.3) is 0 Å². The molecule has 0 spiro atoms. The summed E-state index contributed by atoms with van der Waals surface area (Å²) in [5, 5.41) is -0.602. The monoisotopic (exact) mass is 440 g/mol. The van der Waals surface area contributed by atoms with Crippen LogP contribution in [0.4, 0.5) is 4.39 Å². The van der Waals surface area contributed by atoms with E-state index in [4.69, 9.17) is 27.9 Å². The Labute approximate surface area is 169 Å². The molecular weight excluding hydrogens is 430 g/mol. The maximum atomic E-state index is 13.0. The molecule has 144 valence electrons. The first-order valence-electron chi connectivity index (χ1n) is 7.73. The molecule has 1 heterocycles. The normalized spacial score (nSPS) is 11.2. The highest BCUT2D eigenvalue weighted by atomic mass is 35.5. The molecule has 3 rings (SSSR count). The number of ether oxygens (including phenoxy) is 1. The van der Waals surface area contributed by atoms with Gasteiger partial charge in [-0.1, -0.05) is 47.5 Å². The molecule has 6 nitrogen and oxygen atoms in total. The summed E-state index contributed by atoms with van der Waals surface area (Å²) in [5.74, 6) is -1.89. The average Bonchev–Trinajstić information content (AvgIpc) is 2.65. The van der Waals surface area contributed by atoms with Crippen LogP contribution in [-0.2, 0) is 15.6 Å². The van der Waals surface area contributed by atoms with Crippen LogP contribution in [0.25, 0.3) is 0 Å². The molecule has 0 fully saturated rings. The predicted octanol–water partition coefficient (Wildman–Crippen LogP) is 4.12. The molecule has 10 heteroatoms. The molecule has 0 saturated heterocycles. The summed E-state index contributed by atoms with van der Waals surface area (Å²) in [5.41, 5.74) is -0.0885. The van der Waals surface area contributed by atoms with E-state index in [0.29, 0.717) is 5.56 Å². The van der Waals surface area contributed by atoms with Crippen LogP contribution in [0.15, 0.2) is 59.9 Å². The van der Waals surface area contributed by atoms with Gasteiger partial charge in [-0.2, -0.15) is 0 Å². The molecule has 0 atom stereocenters. The smallest absolute Gasteiger partial charge is 0.364 e. The van der Waals surface area contributed by atoms with E-state index in [-0.39, 0.29) is 15.8 Å². The number of hydrogen-bond donors (Lipinski definition) is 0. The third-order valence-electron chi connectivity index (χ3n) is 3.50. The quantitative estimate of drug-likeness (QED) is 0.337. The lowest BCUT2D eigenvalue weighted by atomic mass is 10.2. The zero-order valence-electron chi connectivity index (χ0n) is 14.0. The van der Waals surface area contributed by atoms with Gasteiger partial charge in [-0.25, -0.2) is 27.6 Å². The van der Waals surface area contributed by atoms with E-state index in [1.807, 2.05) is 0 Å². The molecule has 0 bridgehead atoms. The number of aromatic nitrogens is 2. The van der Waals surface area contributed by atoms with Crippen LogP contribution in [0.3, 0.4) is 0 Å². The van der Waals surface area contributed by atoms with Gasteiger partial charge in [0.2, 0.25) is 15.0 Å². The predicted molar refractivity (Wildman–Crippen MR) is 101 cm³/mol. The maximum Gasteiger partial charge on any atom is 0.364 e. The van der Waals surface area contributed by atoms with Crippen molar-refractivity contribution in [2.75, 3.05) is 0 Å². The highest BCUT2D eigenvalue weighted by Gasteiger charge is 2.24. The van der Waals surface area contributed by atoms with Gasteiger partial charge in [-0.15, -0.1) is 0 Å². The van der Waals surface area contributed by atoms with Gasteiger partial charge in [-0.05, 0) is 29.8 Å². The molecule has 28 heavy (non-hydrogen) atoms. The van der Waals surface area contributed by atoms with Crippen molar-refractivity contribution in [1.29, 1.82) is 0 Å². The Hall–Kier alpha value is -2.55. The maximum absolute atomic E-state index is 13.0. The van der Waals surface area contributed by atoms with Crippen molar-refractivity contribution in [1.82, 2.24) is 9.97 Å². The number of carbonyl (C=O) groups excluding carboxylic acids is 1. The Bertz CT molecular complexity index is 1140. The highest BCUT2D eigenvalue weighted by molar-refractivity contribution is 7.90. The Morgan fingerprint density at radius 1 is 1.04 bits per heavy atom. The van der Waals surface area contributed by atoms with Gasteiger partial charge in [-0.3, -0.25) is 0 Å². The molecule has 0 unspecified atom stereocenters. The van der Waals surface area contributed by atoms with Crippen LogP contribution < -0.4 is 4.74 Å². The number of rotatable bonds is 5. The molecule has 2 aromatic carbocycles. The van der Waals surface area contributed by atoms with Crippen molar-refractivity contribution in [3.63, 3.8) is 0 Å². The van der Waals surface area contributed by atoms with E-state index in [1.165, 1.54) is 24.3 Å². The lowest BCUT2D eigenvalue weighted by Crippen LogP contribution is -2.16. The molecule has 0 amide bonds. The van der Waals surface area contributed by atoms with E-state index in [1.54, 1.807) is 12.1 Å². The summed E-state index contributed by atoms with van der Waals surface area (Å²) in [6.07, 6.45) is 0.995. The Balaban J connectivity index is 1.89. The van der Waals surface area contributed by atoms with Crippen molar-refractivity contribution < 1.29 is 22.3 Å². The number of sulfone groups is 1. The van der Waals surface area contributed by atoms with E-state index < -0.39 is 38.2 Å². The number of esters is 1. The molecule has 0 radical (unpaired) electrons. The van der Waals surface area contributed by atoms with Crippen LogP contribution in [0.2, 0.25) is 10.0 Å². The van der Waals surface area contributed by atoms with Crippen molar-refractivity contribution >= 4 is 39.0 Å². The largest absolute Gasteiger partial charge is 0.420 e. The molecular formula is C18H11Cl2FN2O4S. The second-order valence-electron chi connectivity index (χ2n) is 5.55. The fraction of sp³-hybridized carbons (Fsp3) is 0.0556. The Morgan fingerprint density at radius 2 is 1.71 bits per heavy atom. The summed E-state index contributed by atoms with van der Waals surface area (Å²) in [7, 11) is -4.02. The SMILES string of the molecule is O=C(Oc1ccccc1Cl)c1nc(S(=O)(=O)Cc2ccc(F)cc2)ncc1Cl. The van der Waals surface area contributed by atoms with Crippen LogP contribution in [-0.4, -0.2) is 24.4 Å². The zero-order valence-corrected chi connectivity index (χ0v) is 16.3. The third-order valence-corrected chi connectivity index (χ3v) is 5.56. The van der Waals surface area contributed by atoms with E-state index in [2.05, 4.69) is 9.97 Å². The van der Waals surface area contributed by atoms with E-state index in [0.717, 1.165) is 18.3 Å². The van der Waals surface area contributed by atoms with Gasteiger partial charge in [0, 0.05) is 0 Å². The fourth-order valence-electron chi connectivity index (χ4n) is 2.18. The lowest BCUT2D eigenvalue weighted by Gasteiger charge is -2.08. The van der Waals surface area contributed by atoms with E-state index >= 15 is 0 Å². The van der Waals surface area contributed by atoms with E-state index in [9.17, 15) is 17.6 Å². The molecule has 0 saturated carbocycles.